The Morgan fingerprint density at radius 2 is 2.00 bits per heavy atom. The Hall–Kier alpha value is -2.71. The van der Waals surface area contributed by atoms with Crippen molar-refractivity contribution in [3.63, 3.8) is 0 Å². The van der Waals surface area contributed by atoms with Crippen LogP contribution >= 0.6 is 12.4 Å². The van der Waals surface area contributed by atoms with Gasteiger partial charge in [0.2, 0.25) is 0 Å². The van der Waals surface area contributed by atoms with Crippen LogP contribution in [0.2, 0.25) is 0 Å². The fourth-order valence-electron chi connectivity index (χ4n) is 3.09. The Morgan fingerprint density at radius 1 is 1.22 bits per heavy atom. The van der Waals surface area contributed by atoms with Crippen molar-refractivity contribution in [2.24, 2.45) is 0 Å². The van der Waals surface area contributed by atoms with E-state index < -0.39 is 0 Å². The molecule has 2 aromatic heterocycles. The van der Waals surface area contributed by atoms with Gasteiger partial charge in [0.15, 0.2) is 5.69 Å². The molecular weight excluding hydrogens is 366 g/mol. The molecular formula is C18H22ClN7O. The number of aromatic nitrogens is 5. The van der Waals surface area contributed by atoms with Crippen LogP contribution in [0.1, 0.15) is 34.9 Å². The maximum Gasteiger partial charge on any atom is 0.273 e. The maximum atomic E-state index is 12.3. The Bertz CT molecular complexity index is 854. The van der Waals surface area contributed by atoms with Gasteiger partial charge in [-0.2, -0.15) is 5.10 Å². The van der Waals surface area contributed by atoms with Gasteiger partial charge in [-0.25, -0.2) is 9.36 Å². The van der Waals surface area contributed by atoms with Crippen LogP contribution in [-0.2, 0) is 6.54 Å². The van der Waals surface area contributed by atoms with Crippen molar-refractivity contribution in [1.82, 2.24) is 35.4 Å². The number of hydrogen-bond donors (Lipinski definition) is 2. The van der Waals surface area contributed by atoms with Gasteiger partial charge in [0.25, 0.3) is 5.91 Å². The van der Waals surface area contributed by atoms with Crippen molar-refractivity contribution >= 4 is 18.3 Å². The molecule has 1 amide bonds. The number of rotatable bonds is 5. The minimum Gasteiger partial charge on any atom is -0.347 e. The molecule has 0 spiro atoms. The highest BCUT2D eigenvalue weighted by atomic mass is 35.5. The molecule has 4 rings (SSSR count). The van der Waals surface area contributed by atoms with Crippen molar-refractivity contribution in [1.29, 1.82) is 0 Å². The van der Waals surface area contributed by atoms with E-state index in [1.807, 2.05) is 41.2 Å². The summed E-state index contributed by atoms with van der Waals surface area (Å²) in [6.45, 7) is 2.39. The van der Waals surface area contributed by atoms with Gasteiger partial charge >= 0.3 is 0 Å². The zero-order chi connectivity index (χ0) is 17.8. The quantitative estimate of drug-likeness (QED) is 0.696. The van der Waals surface area contributed by atoms with Crippen LogP contribution in [0.4, 0.5) is 0 Å². The third-order valence-corrected chi connectivity index (χ3v) is 4.58. The van der Waals surface area contributed by atoms with Crippen molar-refractivity contribution < 1.29 is 4.79 Å². The summed E-state index contributed by atoms with van der Waals surface area (Å²) in [5.41, 5.74) is 2.35. The Labute approximate surface area is 163 Å². The zero-order valence-electron chi connectivity index (χ0n) is 14.8. The summed E-state index contributed by atoms with van der Waals surface area (Å²) in [5.74, 6) is -0.207. The zero-order valence-corrected chi connectivity index (χ0v) is 15.6. The number of amides is 1. The van der Waals surface area contributed by atoms with Crippen LogP contribution < -0.4 is 10.6 Å². The van der Waals surface area contributed by atoms with E-state index in [9.17, 15) is 4.79 Å². The van der Waals surface area contributed by atoms with Gasteiger partial charge in [0.05, 0.1) is 17.9 Å². The molecule has 9 heteroatoms. The molecule has 3 aromatic rings. The summed E-state index contributed by atoms with van der Waals surface area (Å²) in [4.78, 5) is 12.3. The summed E-state index contributed by atoms with van der Waals surface area (Å²) in [6, 6.07) is 10.1. The first-order chi connectivity index (χ1) is 12.8. The molecule has 1 aromatic carbocycles. The molecule has 3 heterocycles. The standard InChI is InChI=1S/C18H21N7O.ClH/c26-18(17-13-25(23-22-17)16-6-9-19-10-7-16)20-12-14-2-4-15(5-3-14)24-11-1-8-21-24;/h1-5,8,11,13,16,19H,6-7,9-10,12H2,(H,20,26);1H. The van der Waals surface area contributed by atoms with Crippen molar-refractivity contribution in [2.75, 3.05) is 13.1 Å². The molecule has 1 saturated heterocycles. The number of hydrogen-bond acceptors (Lipinski definition) is 5. The molecule has 1 fully saturated rings. The average Bonchev–Trinajstić information content (AvgIpc) is 3.39. The lowest BCUT2D eigenvalue weighted by molar-refractivity contribution is 0.0946. The summed E-state index contributed by atoms with van der Waals surface area (Å²) in [5, 5.41) is 18.6. The lowest BCUT2D eigenvalue weighted by Gasteiger charge is -2.22. The van der Waals surface area contributed by atoms with Gasteiger partial charge in [0.1, 0.15) is 0 Å². The minimum atomic E-state index is -0.207. The van der Waals surface area contributed by atoms with E-state index in [0.717, 1.165) is 37.2 Å². The van der Waals surface area contributed by atoms with Gasteiger partial charge in [-0.3, -0.25) is 4.79 Å². The highest BCUT2D eigenvalue weighted by Gasteiger charge is 2.18. The van der Waals surface area contributed by atoms with Crippen molar-refractivity contribution in [2.45, 2.75) is 25.4 Å². The molecule has 8 nitrogen and oxygen atoms in total. The summed E-state index contributed by atoms with van der Waals surface area (Å²) < 4.78 is 3.61. The van der Waals surface area contributed by atoms with Crippen LogP contribution in [-0.4, -0.2) is 43.8 Å². The number of piperidine rings is 1. The summed E-state index contributed by atoms with van der Waals surface area (Å²) >= 11 is 0. The third kappa shape index (κ3) is 4.53. The molecule has 1 aliphatic heterocycles. The second kappa shape index (κ2) is 8.79. The molecule has 0 bridgehead atoms. The van der Waals surface area contributed by atoms with Crippen LogP contribution in [0.25, 0.3) is 5.69 Å². The van der Waals surface area contributed by atoms with E-state index in [0.29, 0.717) is 18.3 Å². The summed E-state index contributed by atoms with van der Waals surface area (Å²) in [6.07, 6.45) is 7.39. The number of halogens is 1. The third-order valence-electron chi connectivity index (χ3n) is 4.58. The number of carbonyl (C=O) groups is 1. The van der Waals surface area contributed by atoms with Gasteiger partial charge in [0, 0.05) is 18.9 Å². The largest absolute Gasteiger partial charge is 0.347 e. The molecule has 2 N–H and O–H groups in total. The van der Waals surface area contributed by atoms with Crippen molar-refractivity contribution in [3.8, 4) is 5.69 Å². The molecule has 27 heavy (non-hydrogen) atoms. The Balaban J connectivity index is 0.00000210. The molecule has 0 atom stereocenters. The topological polar surface area (TPSA) is 89.7 Å². The first-order valence-corrected chi connectivity index (χ1v) is 8.79. The van der Waals surface area contributed by atoms with E-state index >= 15 is 0 Å². The summed E-state index contributed by atoms with van der Waals surface area (Å²) in [7, 11) is 0. The van der Waals surface area contributed by atoms with Gasteiger partial charge < -0.3 is 10.6 Å². The fraction of sp³-hybridized carbons (Fsp3) is 0.333. The number of carbonyl (C=O) groups excluding carboxylic acids is 1. The first kappa shape index (κ1) is 19.1. The highest BCUT2D eigenvalue weighted by Crippen LogP contribution is 2.17. The van der Waals surface area contributed by atoms with Crippen molar-refractivity contribution in [3.05, 3.63) is 60.2 Å². The molecule has 142 valence electrons. The van der Waals surface area contributed by atoms with Crippen LogP contribution in [0.3, 0.4) is 0 Å². The van der Waals surface area contributed by atoms with E-state index in [-0.39, 0.29) is 18.3 Å². The van der Waals surface area contributed by atoms with Gasteiger partial charge in [-0.1, -0.05) is 17.3 Å². The predicted octanol–water partition coefficient (Wildman–Crippen LogP) is 1.74. The Kier molecular flexibility index (Phi) is 6.20. The van der Waals surface area contributed by atoms with Crippen LogP contribution in [0.5, 0.6) is 0 Å². The average molecular weight is 388 g/mol. The van der Waals surface area contributed by atoms with E-state index in [1.165, 1.54) is 0 Å². The monoisotopic (exact) mass is 387 g/mol. The SMILES string of the molecule is Cl.O=C(NCc1ccc(-n2cccn2)cc1)c1cn(C2CCNCC2)nn1. The minimum absolute atomic E-state index is 0. The lowest BCUT2D eigenvalue weighted by atomic mass is 10.1. The Morgan fingerprint density at radius 3 is 2.70 bits per heavy atom. The normalized spacial score (nSPS) is 14.5. The smallest absolute Gasteiger partial charge is 0.273 e. The fourth-order valence-corrected chi connectivity index (χ4v) is 3.09. The number of benzene rings is 1. The van der Waals surface area contributed by atoms with Gasteiger partial charge in [-0.15, -0.1) is 17.5 Å². The van der Waals surface area contributed by atoms with E-state index in [4.69, 9.17) is 0 Å². The highest BCUT2D eigenvalue weighted by molar-refractivity contribution is 5.91. The number of nitrogens with zero attached hydrogens (tertiary/aromatic N) is 5. The lowest BCUT2D eigenvalue weighted by Crippen LogP contribution is -2.29. The molecule has 0 aliphatic carbocycles. The van der Waals surface area contributed by atoms with Gasteiger partial charge in [-0.05, 0) is 49.7 Å². The van der Waals surface area contributed by atoms with E-state index in [1.54, 1.807) is 17.1 Å². The first-order valence-electron chi connectivity index (χ1n) is 8.79. The molecule has 0 unspecified atom stereocenters. The molecule has 0 saturated carbocycles. The predicted molar refractivity (Wildman–Crippen MR) is 103 cm³/mol. The second-order valence-corrected chi connectivity index (χ2v) is 6.36. The van der Waals surface area contributed by atoms with Crippen LogP contribution in [0.15, 0.2) is 48.9 Å². The second-order valence-electron chi connectivity index (χ2n) is 6.36. The number of nitrogens with one attached hydrogen (secondary N) is 2. The molecule has 1 aliphatic rings. The van der Waals surface area contributed by atoms with E-state index in [2.05, 4.69) is 26.0 Å². The maximum absolute atomic E-state index is 12.3. The van der Waals surface area contributed by atoms with Crippen LogP contribution in [0, 0.1) is 0 Å². The molecule has 0 radical (unpaired) electrons.